The van der Waals surface area contributed by atoms with Crippen molar-refractivity contribution in [3.8, 4) is 0 Å². The number of hydrogen-bond donors (Lipinski definition) is 0. The molecule has 1 aromatic rings. The van der Waals surface area contributed by atoms with Gasteiger partial charge in [-0.3, -0.25) is 4.90 Å². The molecule has 2 aliphatic heterocycles. The summed E-state index contributed by atoms with van der Waals surface area (Å²) in [4.78, 5) is 2.58. The zero-order valence-corrected chi connectivity index (χ0v) is 9.69. The summed E-state index contributed by atoms with van der Waals surface area (Å²) >= 11 is 0. The average molecular weight is 217 g/mol. The molecule has 2 fully saturated rings. The van der Waals surface area contributed by atoms with E-state index in [2.05, 4.69) is 35.2 Å². The van der Waals surface area contributed by atoms with Crippen LogP contribution in [-0.2, 0) is 11.3 Å². The van der Waals surface area contributed by atoms with E-state index in [1.165, 1.54) is 31.5 Å². The van der Waals surface area contributed by atoms with Gasteiger partial charge in [0.05, 0.1) is 13.2 Å². The molecule has 0 unspecified atom stereocenters. The maximum Gasteiger partial charge on any atom is 0.0557 e. The Kier molecular flexibility index (Phi) is 2.70. The fraction of sp³-hybridized carbons (Fsp3) is 0.571. The van der Waals surface area contributed by atoms with Crippen molar-refractivity contribution in [2.45, 2.75) is 19.4 Å². The van der Waals surface area contributed by atoms with Crippen molar-refractivity contribution in [1.29, 1.82) is 0 Å². The SMILES string of the molecule is c1ccc(CN2CCCC3(COC3)C2)cc1. The Balaban J connectivity index is 1.63. The first kappa shape index (κ1) is 10.3. The van der Waals surface area contributed by atoms with Gasteiger partial charge in [-0.15, -0.1) is 0 Å². The largest absolute Gasteiger partial charge is 0.380 e. The van der Waals surface area contributed by atoms with Gasteiger partial charge in [-0.2, -0.15) is 0 Å². The first-order valence-electron chi connectivity index (χ1n) is 6.20. The predicted molar refractivity (Wildman–Crippen MR) is 64.2 cm³/mol. The van der Waals surface area contributed by atoms with Crippen LogP contribution in [0.25, 0.3) is 0 Å². The van der Waals surface area contributed by atoms with E-state index in [0.29, 0.717) is 5.41 Å². The summed E-state index contributed by atoms with van der Waals surface area (Å²) in [5, 5.41) is 0. The minimum atomic E-state index is 0.507. The highest BCUT2D eigenvalue weighted by Gasteiger charge is 2.41. The lowest BCUT2D eigenvalue weighted by Crippen LogP contribution is -2.53. The second kappa shape index (κ2) is 4.19. The summed E-state index contributed by atoms with van der Waals surface area (Å²) in [6.45, 7) is 5.54. The number of nitrogens with zero attached hydrogens (tertiary/aromatic N) is 1. The Labute approximate surface area is 97.2 Å². The first-order chi connectivity index (χ1) is 7.86. The van der Waals surface area contributed by atoms with Gasteiger partial charge in [-0.25, -0.2) is 0 Å². The van der Waals surface area contributed by atoms with Gasteiger partial charge < -0.3 is 4.74 Å². The lowest BCUT2D eigenvalue weighted by Gasteiger charge is -2.48. The molecule has 0 amide bonds. The normalized spacial score (nSPS) is 24.2. The zero-order valence-electron chi connectivity index (χ0n) is 9.69. The molecule has 2 nitrogen and oxygen atoms in total. The number of hydrogen-bond acceptors (Lipinski definition) is 2. The molecular formula is C14H19NO. The highest BCUT2D eigenvalue weighted by molar-refractivity contribution is 5.14. The van der Waals surface area contributed by atoms with Gasteiger partial charge in [0.25, 0.3) is 0 Å². The van der Waals surface area contributed by atoms with Gasteiger partial charge in [-0.05, 0) is 24.9 Å². The van der Waals surface area contributed by atoms with E-state index in [-0.39, 0.29) is 0 Å². The highest BCUT2D eigenvalue weighted by atomic mass is 16.5. The van der Waals surface area contributed by atoms with E-state index in [1.54, 1.807) is 0 Å². The lowest BCUT2D eigenvalue weighted by atomic mass is 9.78. The van der Waals surface area contributed by atoms with Crippen LogP contribution in [0.15, 0.2) is 30.3 Å². The number of rotatable bonds is 2. The number of likely N-dealkylation sites (tertiary alicyclic amines) is 1. The third kappa shape index (κ3) is 2.00. The second-order valence-electron chi connectivity index (χ2n) is 5.29. The Hall–Kier alpha value is -0.860. The Morgan fingerprint density at radius 1 is 1.19 bits per heavy atom. The molecule has 0 aliphatic carbocycles. The third-order valence-electron chi connectivity index (χ3n) is 3.81. The molecule has 2 heteroatoms. The molecule has 86 valence electrons. The van der Waals surface area contributed by atoms with Crippen molar-refractivity contribution in [3.05, 3.63) is 35.9 Å². The van der Waals surface area contributed by atoms with Crippen LogP contribution in [-0.4, -0.2) is 31.2 Å². The molecule has 2 heterocycles. The van der Waals surface area contributed by atoms with E-state index in [0.717, 1.165) is 19.8 Å². The van der Waals surface area contributed by atoms with E-state index in [1.807, 2.05) is 0 Å². The number of benzene rings is 1. The molecule has 16 heavy (non-hydrogen) atoms. The second-order valence-corrected chi connectivity index (χ2v) is 5.29. The highest BCUT2D eigenvalue weighted by Crippen LogP contribution is 2.37. The summed E-state index contributed by atoms with van der Waals surface area (Å²) in [7, 11) is 0. The van der Waals surface area contributed by atoms with Gasteiger partial charge in [0, 0.05) is 18.5 Å². The van der Waals surface area contributed by atoms with Crippen LogP contribution in [0, 0.1) is 5.41 Å². The summed E-state index contributed by atoms with van der Waals surface area (Å²) in [6, 6.07) is 10.8. The fourth-order valence-corrected chi connectivity index (χ4v) is 2.91. The van der Waals surface area contributed by atoms with Crippen molar-refractivity contribution in [2.75, 3.05) is 26.3 Å². The van der Waals surface area contributed by atoms with Gasteiger partial charge in [0.1, 0.15) is 0 Å². The Bertz CT molecular complexity index is 345. The smallest absolute Gasteiger partial charge is 0.0557 e. The van der Waals surface area contributed by atoms with Crippen molar-refractivity contribution in [3.63, 3.8) is 0 Å². The Morgan fingerprint density at radius 3 is 2.69 bits per heavy atom. The molecule has 1 aromatic carbocycles. The average Bonchev–Trinajstić information content (AvgIpc) is 2.29. The summed E-state index contributed by atoms with van der Waals surface area (Å²) in [6.07, 6.45) is 2.69. The fourth-order valence-electron chi connectivity index (χ4n) is 2.91. The number of piperidine rings is 1. The molecule has 3 rings (SSSR count). The molecule has 0 aromatic heterocycles. The van der Waals surface area contributed by atoms with Crippen LogP contribution in [0.4, 0.5) is 0 Å². The summed E-state index contributed by atoms with van der Waals surface area (Å²) in [5.41, 5.74) is 1.94. The minimum Gasteiger partial charge on any atom is -0.380 e. The van der Waals surface area contributed by atoms with Crippen LogP contribution < -0.4 is 0 Å². The van der Waals surface area contributed by atoms with Crippen molar-refractivity contribution < 1.29 is 4.74 Å². The maximum absolute atomic E-state index is 5.39. The maximum atomic E-state index is 5.39. The standard InChI is InChI=1S/C14H19NO/c1-2-5-13(6-3-1)9-15-8-4-7-14(10-15)11-16-12-14/h1-3,5-6H,4,7-12H2. The van der Waals surface area contributed by atoms with Crippen LogP contribution in [0.3, 0.4) is 0 Å². The monoisotopic (exact) mass is 217 g/mol. The molecular weight excluding hydrogens is 198 g/mol. The summed E-state index contributed by atoms with van der Waals surface area (Å²) < 4.78 is 5.39. The molecule has 2 saturated heterocycles. The van der Waals surface area contributed by atoms with Crippen molar-refractivity contribution in [1.82, 2.24) is 4.90 Å². The minimum absolute atomic E-state index is 0.507. The van der Waals surface area contributed by atoms with Gasteiger partial charge in [0.15, 0.2) is 0 Å². The van der Waals surface area contributed by atoms with Crippen LogP contribution in [0.5, 0.6) is 0 Å². The van der Waals surface area contributed by atoms with Crippen LogP contribution in [0.1, 0.15) is 18.4 Å². The molecule has 0 radical (unpaired) electrons. The Morgan fingerprint density at radius 2 is 2.00 bits per heavy atom. The van der Waals surface area contributed by atoms with Crippen LogP contribution >= 0.6 is 0 Å². The molecule has 2 aliphatic rings. The van der Waals surface area contributed by atoms with E-state index in [4.69, 9.17) is 4.74 Å². The third-order valence-corrected chi connectivity index (χ3v) is 3.81. The predicted octanol–water partition coefficient (Wildman–Crippen LogP) is 2.30. The van der Waals surface area contributed by atoms with Gasteiger partial charge in [0.2, 0.25) is 0 Å². The lowest BCUT2D eigenvalue weighted by molar-refractivity contribution is -0.145. The van der Waals surface area contributed by atoms with E-state index < -0.39 is 0 Å². The molecule has 0 atom stereocenters. The van der Waals surface area contributed by atoms with Gasteiger partial charge in [-0.1, -0.05) is 30.3 Å². The molecule has 0 saturated carbocycles. The van der Waals surface area contributed by atoms with Crippen LogP contribution in [0.2, 0.25) is 0 Å². The van der Waals surface area contributed by atoms with E-state index in [9.17, 15) is 0 Å². The summed E-state index contributed by atoms with van der Waals surface area (Å²) in [5.74, 6) is 0. The zero-order chi connectivity index (χ0) is 10.8. The molecule has 1 spiro atoms. The van der Waals surface area contributed by atoms with Crippen molar-refractivity contribution in [2.24, 2.45) is 5.41 Å². The first-order valence-corrected chi connectivity index (χ1v) is 6.20. The van der Waals surface area contributed by atoms with Crippen molar-refractivity contribution >= 4 is 0 Å². The van der Waals surface area contributed by atoms with Gasteiger partial charge >= 0.3 is 0 Å². The molecule has 0 N–H and O–H groups in total. The molecule has 0 bridgehead atoms. The number of ether oxygens (including phenoxy) is 1. The quantitative estimate of drug-likeness (QED) is 0.753. The van der Waals surface area contributed by atoms with E-state index >= 15 is 0 Å². The topological polar surface area (TPSA) is 12.5 Å².